The van der Waals surface area contributed by atoms with Crippen molar-refractivity contribution in [1.82, 2.24) is 5.43 Å². The minimum Gasteiger partial charge on any atom is -0.377 e. The standard InChI is InChI=1S/C14H20Cl2N2O/c1-19-14(7-2-3-8-14)13(18-17)9-10-11(15)5-4-6-12(10)16/h4-6,13,18H,2-3,7-9,17H2,1H3. The summed E-state index contributed by atoms with van der Waals surface area (Å²) in [5.41, 5.74) is 3.61. The van der Waals surface area contributed by atoms with Crippen LogP contribution in [0.5, 0.6) is 0 Å². The molecule has 1 aromatic rings. The summed E-state index contributed by atoms with van der Waals surface area (Å²) in [6, 6.07) is 5.56. The normalized spacial score (nSPS) is 19.6. The fraction of sp³-hybridized carbons (Fsp3) is 0.571. The minimum atomic E-state index is -0.211. The van der Waals surface area contributed by atoms with E-state index >= 15 is 0 Å². The van der Waals surface area contributed by atoms with Crippen molar-refractivity contribution >= 4 is 23.2 Å². The van der Waals surface area contributed by atoms with E-state index in [9.17, 15) is 0 Å². The zero-order chi connectivity index (χ0) is 13.9. The first-order valence-electron chi connectivity index (χ1n) is 6.57. The maximum Gasteiger partial charge on any atom is 0.0847 e. The monoisotopic (exact) mass is 302 g/mol. The topological polar surface area (TPSA) is 47.3 Å². The van der Waals surface area contributed by atoms with Crippen LogP contribution in [0.3, 0.4) is 0 Å². The van der Waals surface area contributed by atoms with E-state index in [0.29, 0.717) is 16.5 Å². The van der Waals surface area contributed by atoms with Crippen molar-refractivity contribution in [2.24, 2.45) is 5.84 Å². The number of nitrogens with one attached hydrogen (secondary N) is 1. The van der Waals surface area contributed by atoms with Gasteiger partial charge in [-0.2, -0.15) is 0 Å². The van der Waals surface area contributed by atoms with Crippen LogP contribution in [0.4, 0.5) is 0 Å². The number of nitrogens with two attached hydrogens (primary N) is 1. The summed E-state index contributed by atoms with van der Waals surface area (Å²) in [5.74, 6) is 5.75. The van der Waals surface area contributed by atoms with Crippen molar-refractivity contribution in [2.45, 2.75) is 43.7 Å². The Morgan fingerprint density at radius 2 is 1.89 bits per heavy atom. The number of ether oxygens (including phenoxy) is 1. The molecule has 1 fully saturated rings. The number of hydrogen-bond donors (Lipinski definition) is 2. The maximum absolute atomic E-state index is 6.23. The van der Waals surface area contributed by atoms with Crippen LogP contribution in [-0.4, -0.2) is 18.8 Å². The van der Waals surface area contributed by atoms with Crippen LogP contribution in [0.15, 0.2) is 18.2 Å². The van der Waals surface area contributed by atoms with Gasteiger partial charge in [0.25, 0.3) is 0 Å². The highest BCUT2D eigenvalue weighted by Gasteiger charge is 2.41. The van der Waals surface area contributed by atoms with Gasteiger partial charge in [0.15, 0.2) is 0 Å². The van der Waals surface area contributed by atoms with Gasteiger partial charge in [0.1, 0.15) is 0 Å². The van der Waals surface area contributed by atoms with Crippen LogP contribution in [0, 0.1) is 0 Å². The largest absolute Gasteiger partial charge is 0.377 e. The molecule has 3 nitrogen and oxygen atoms in total. The molecule has 0 radical (unpaired) electrons. The molecule has 1 aromatic carbocycles. The van der Waals surface area contributed by atoms with Gasteiger partial charge in [-0.3, -0.25) is 11.3 Å². The van der Waals surface area contributed by atoms with E-state index in [1.54, 1.807) is 7.11 Å². The highest BCUT2D eigenvalue weighted by atomic mass is 35.5. The molecule has 1 aliphatic rings. The van der Waals surface area contributed by atoms with Gasteiger partial charge >= 0.3 is 0 Å². The van der Waals surface area contributed by atoms with E-state index in [1.807, 2.05) is 18.2 Å². The number of hydrogen-bond acceptors (Lipinski definition) is 3. The first-order valence-corrected chi connectivity index (χ1v) is 7.33. The molecule has 3 N–H and O–H groups in total. The summed E-state index contributed by atoms with van der Waals surface area (Å²) >= 11 is 12.5. The Kier molecular flexibility index (Phi) is 5.09. The third-order valence-corrected chi connectivity index (χ3v) is 4.87. The Morgan fingerprint density at radius 1 is 1.32 bits per heavy atom. The number of benzene rings is 1. The SMILES string of the molecule is COC1(C(Cc2c(Cl)cccc2Cl)NN)CCCC1. The maximum atomic E-state index is 6.23. The molecule has 0 aromatic heterocycles. The van der Waals surface area contributed by atoms with E-state index in [1.165, 1.54) is 12.8 Å². The Bertz CT molecular complexity index is 413. The molecule has 1 atom stereocenters. The quantitative estimate of drug-likeness (QED) is 0.648. The Morgan fingerprint density at radius 3 is 2.37 bits per heavy atom. The lowest BCUT2D eigenvalue weighted by Crippen LogP contribution is -2.54. The fourth-order valence-electron chi connectivity index (χ4n) is 3.00. The molecule has 0 amide bonds. The molecule has 19 heavy (non-hydrogen) atoms. The van der Waals surface area contributed by atoms with Gasteiger partial charge in [0.05, 0.1) is 11.6 Å². The smallest absolute Gasteiger partial charge is 0.0847 e. The Labute approximate surface area is 124 Å². The second-order valence-electron chi connectivity index (χ2n) is 5.10. The zero-order valence-corrected chi connectivity index (χ0v) is 12.6. The van der Waals surface area contributed by atoms with E-state index in [2.05, 4.69) is 5.43 Å². The number of rotatable bonds is 5. The molecule has 0 heterocycles. The molecule has 0 aliphatic heterocycles. The summed E-state index contributed by atoms with van der Waals surface area (Å²) in [5, 5.41) is 1.36. The molecule has 0 bridgehead atoms. The molecular formula is C14H20Cl2N2O. The lowest BCUT2D eigenvalue weighted by molar-refractivity contribution is -0.0355. The van der Waals surface area contributed by atoms with E-state index in [0.717, 1.165) is 18.4 Å². The van der Waals surface area contributed by atoms with Gasteiger partial charge in [-0.1, -0.05) is 42.1 Å². The van der Waals surface area contributed by atoms with Crippen molar-refractivity contribution < 1.29 is 4.74 Å². The van der Waals surface area contributed by atoms with Crippen LogP contribution in [-0.2, 0) is 11.2 Å². The molecular weight excluding hydrogens is 283 g/mol. The van der Waals surface area contributed by atoms with Crippen LogP contribution >= 0.6 is 23.2 Å². The molecule has 1 saturated carbocycles. The van der Waals surface area contributed by atoms with Crippen molar-refractivity contribution in [3.63, 3.8) is 0 Å². The fourth-order valence-corrected chi connectivity index (χ4v) is 3.55. The van der Waals surface area contributed by atoms with Crippen molar-refractivity contribution in [1.29, 1.82) is 0 Å². The van der Waals surface area contributed by atoms with E-state index in [-0.39, 0.29) is 11.6 Å². The van der Waals surface area contributed by atoms with Gasteiger partial charge in [0.2, 0.25) is 0 Å². The summed E-state index contributed by atoms with van der Waals surface area (Å²) in [4.78, 5) is 0. The number of hydrazine groups is 1. The zero-order valence-electron chi connectivity index (χ0n) is 11.1. The summed E-state index contributed by atoms with van der Waals surface area (Å²) in [7, 11) is 1.75. The van der Waals surface area contributed by atoms with Crippen molar-refractivity contribution in [3.8, 4) is 0 Å². The lowest BCUT2D eigenvalue weighted by Gasteiger charge is -2.36. The van der Waals surface area contributed by atoms with Gasteiger partial charge in [0, 0.05) is 17.2 Å². The average molecular weight is 303 g/mol. The molecule has 0 saturated heterocycles. The van der Waals surface area contributed by atoms with Crippen LogP contribution < -0.4 is 11.3 Å². The first-order chi connectivity index (χ1) is 9.13. The highest BCUT2D eigenvalue weighted by Crippen LogP contribution is 2.38. The second kappa shape index (κ2) is 6.42. The van der Waals surface area contributed by atoms with Crippen LogP contribution in [0.1, 0.15) is 31.2 Å². The average Bonchev–Trinajstić information content (AvgIpc) is 2.88. The molecule has 0 spiro atoms. The van der Waals surface area contributed by atoms with E-state index < -0.39 is 0 Å². The number of methoxy groups -OCH3 is 1. The minimum absolute atomic E-state index is 0.0115. The summed E-state index contributed by atoms with van der Waals surface area (Å²) < 4.78 is 5.78. The predicted octanol–water partition coefficient (Wildman–Crippen LogP) is 3.33. The Balaban J connectivity index is 2.24. The third-order valence-electron chi connectivity index (χ3n) is 4.16. The molecule has 1 unspecified atom stereocenters. The Hall–Kier alpha value is -0.320. The molecule has 106 valence electrons. The van der Waals surface area contributed by atoms with Gasteiger partial charge in [-0.05, 0) is 37.0 Å². The van der Waals surface area contributed by atoms with Gasteiger partial charge < -0.3 is 4.74 Å². The van der Waals surface area contributed by atoms with Gasteiger partial charge in [-0.15, -0.1) is 0 Å². The summed E-state index contributed by atoms with van der Waals surface area (Å²) in [6.07, 6.45) is 5.04. The van der Waals surface area contributed by atoms with Crippen LogP contribution in [0.25, 0.3) is 0 Å². The first kappa shape index (κ1) is 15.1. The molecule has 5 heteroatoms. The third kappa shape index (κ3) is 3.06. The van der Waals surface area contributed by atoms with E-state index in [4.69, 9.17) is 33.8 Å². The second-order valence-corrected chi connectivity index (χ2v) is 5.91. The van der Waals surface area contributed by atoms with Gasteiger partial charge in [-0.25, -0.2) is 0 Å². The molecule has 2 rings (SSSR count). The number of halogens is 2. The summed E-state index contributed by atoms with van der Waals surface area (Å²) in [6.45, 7) is 0. The van der Waals surface area contributed by atoms with Crippen LogP contribution in [0.2, 0.25) is 10.0 Å². The van der Waals surface area contributed by atoms with Crippen molar-refractivity contribution in [3.05, 3.63) is 33.8 Å². The molecule has 1 aliphatic carbocycles. The lowest BCUT2D eigenvalue weighted by atomic mass is 9.87. The predicted molar refractivity (Wildman–Crippen MR) is 79.5 cm³/mol. The van der Waals surface area contributed by atoms with Crippen molar-refractivity contribution in [2.75, 3.05) is 7.11 Å². The highest BCUT2D eigenvalue weighted by molar-refractivity contribution is 6.36.